The molecule has 48 valence electrons. The lowest BCUT2D eigenvalue weighted by molar-refractivity contribution is 0.487. The maximum Gasteiger partial charge on any atom is 0.0675 e. The van der Waals surface area contributed by atoms with Gasteiger partial charge in [0, 0.05) is 6.54 Å². The molecule has 1 unspecified atom stereocenters. The zero-order valence-corrected chi connectivity index (χ0v) is 5.15. The van der Waals surface area contributed by atoms with Crippen LogP contribution in [0.25, 0.3) is 0 Å². The Labute approximate surface area is 49.9 Å². The Kier molecular flexibility index (Phi) is 4.54. The van der Waals surface area contributed by atoms with Gasteiger partial charge in [-0.25, -0.2) is 5.43 Å². The monoisotopic (exact) mass is 115 g/mol. The molecule has 0 fully saturated rings. The standard InChI is InChI=1S/C5H13N3/c1-3-4-7-5(2)8-6/h3,5,7-8H,1,4,6H2,2H3. The van der Waals surface area contributed by atoms with Crippen LogP contribution in [0.15, 0.2) is 12.7 Å². The smallest absolute Gasteiger partial charge is 0.0675 e. The van der Waals surface area contributed by atoms with Crippen molar-refractivity contribution in [2.75, 3.05) is 6.54 Å². The van der Waals surface area contributed by atoms with E-state index in [0.29, 0.717) is 0 Å². The molecule has 0 amide bonds. The summed E-state index contributed by atoms with van der Waals surface area (Å²) in [4.78, 5) is 0. The number of nitrogens with two attached hydrogens (primary N) is 1. The number of hydrogen-bond donors (Lipinski definition) is 3. The van der Waals surface area contributed by atoms with Gasteiger partial charge in [0.1, 0.15) is 0 Å². The minimum Gasteiger partial charge on any atom is -0.298 e. The summed E-state index contributed by atoms with van der Waals surface area (Å²) in [6.45, 7) is 6.25. The molecule has 4 N–H and O–H groups in total. The summed E-state index contributed by atoms with van der Waals surface area (Å²) >= 11 is 0. The predicted octanol–water partition coefficient (Wildman–Crippen LogP) is -0.429. The summed E-state index contributed by atoms with van der Waals surface area (Å²) in [6.07, 6.45) is 1.95. The van der Waals surface area contributed by atoms with Crippen molar-refractivity contribution in [1.29, 1.82) is 0 Å². The van der Waals surface area contributed by atoms with Gasteiger partial charge in [0.25, 0.3) is 0 Å². The minimum absolute atomic E-state index is 0.160. The van der Waals surface area contributed by atoms with E-state index in [0.717, 1.165) is 6.54 Å². The van der Waals surface area contributed by atoms with Crippen molar-refractivity contribution in [1.82, 2.24) is 10.7 Å². The highest BCUT2D eigenvalue weighted by molar-refractivity contribution is 4.70. The molecule has 0 saturated carbocycles. The Morgan fingerprint density at radius 1 is 1.88 bits per heavy atom. The van der Waals surface area contributed by atoms with Crippen molar-refractivity contribution in [2.24, 2.45) is 5.84 Å². The van der Waals surface area contributed by atoms with Gasteiger partial charge in [-0.05, 0) is 6.92 Å². The molecule has 0 aromatic carbocycles. The van der Waals surface area contributed by atoms with Gasteiger partial charge in [0.15, 0.2) is 0 Å². The van der Waals surface area contributed by atoms with E-state index in [-0.39, 0.29) is 6.17 Å². The van der Waals surface area contributed by atoms with E-state index in [9.17, 15) is 0 Å². The van der Waals surface area contributed by atoms with Gasteiger partial charge in [-0.15, -0.1) is 6.58 Å². The van der Waals surface area contributed by atoms with E-state index < -0.39 is 0 Å². The molecule has 3 heteroatoms. The van der Waals surface area contributed by atoms with Crippen LogP contribution in [0.5, 0.6) is 0 Å². The molecule has 0 aliphatic carbocycles. The molecule has 0 aliphatic heterocycles. The summed E-state index contributed by atoms with van der Waals surface area (Å²) in [5.41, 5.74) is 2.54. The van der Waals surface area contributed by atoms with Gasteiger partial charge >= 0.3 is 0 Å². The normalized spacial score (nSPS) is 13.2. The Bertz CT molecular complexity index is 62.7. The van der Waals surface area contributed by atoms with Crippen LogP contribution in [0, 0.1) is 0 Å². The molecule has 0 saturated heterocycles. The number of nitrogens with one attached hydrogen (secondary N) is 2. The fourth-order valence-corrected chi connectivity index (χ4v) is 0.319. The van der Waals surface area contributed by atoms with Crippen molar-refractivity contribution in [3.63, 3.8) is 0 Å². The highest BCUT2D eigenvalue weighted by Crippen LogP contribution is 1.67. The average Bonchev–Trinajstić information content (AvgIpc) is 1.83. The first kappa shape index (κ1) is 7.62. The first-order valence-electron chi connectivity index (χ1n) is 2.61. The lowest BCUT2D eigenvalue weighted by Gasteiger charge is -2.08. The molecule has 0 rings (SSSR count). The zero-order valence-electron chi connectivity index (χ0n) is 5.15. The van der Waals surface area contributed by atoms with Crippen LogP contribution < -0.4 is 16.6 Å². The third kappa shape index (κ3) is 3.80. The number of rotatable bonds is 4. The third-order valence-corrected chi connectivity index (χ3v) is 0.818. The molecule has 1 atom stereocenters. The summed E-state index contributed by atoms with van der Waals surface area (Å²) < 4.78 is 0. The molecule has 0 aromatic rings. The Balaban J connectivity index is 2.97. The van der Waals surface area contributed by atoms with E-state index in [1.165, 1.54) is 0 Å². The molecule has 0 heterocycles. The van der Waals surface area contributed by atoms with E-state index in [1.54, 1.807) is 6.08 Å². The van der Waals surface area contributed by atoms with E-state index >= 15 is 0 Å². The van der Waals surface area contributed by atoms with Crippen molar-refractivity contribution in [3.05, 3.63) is 12.7 Å². The van der Waals surface area contributed by atoms with E-state index in [2.05, 4.69) is 17.3 Å². The fourth-order valence-electron chi connectivity index (χ4n) is 0.319. The van der Waals surface area contributed by atoms with Crippen LogP contribution in [0.3, 0.4) is 0 Å². The summed E-state index contributed by atoms with van der Waals surface area (Å²) in [5.74, 6) is 5.07. The second kappa shape index (κ2) is 4.77. The first-order chi connectivity index (χ1) is 3.81. The molecule has 0 aromatic heterocycles. The SMILES string of the molecule is C=CCNC(C)NN. The van der Waals surface area contributed by atoms with Crippen molar-refractivity contribution < 1.29 is 0 Å². The Morgan fingerprint density at radius 2 is 2.50 bits per heavy atom. The molecular weight excluding hydrogens is 102 g/mol. The van der Waals surface area contributed by atoms with E-state index in [1.807, 2.05) is 6.92 Å². The molecule has 3 nitrogen and oxygen atoms in total. The zero-order chi connectivity index (χ0) is 6.41. The van der Waals surface area contributed by atoms with E-state index in [4.69, 9.17) is 5.84 Å². The molecule has 0 bridgehead atoms. The van der Waals surface area contributed by atoms with Crippen LogP contribution in [0.1, 0.15) is 6.92 Å². The van der Waals surface area contributed by atoms with Gasteiger partial charge in [-0.1, -0.05) is 6.08 Å². The predicted molar refractivity (Wildman–Crippen MR) is 35.0 cm³/mol. The maximum atomic E-state index is 5.07. The largest absolute Gasteiger partial charge is 0.298 e. The average molecular weight is 115 g/mol. The van der Waals surface area contributed by atoms with Crippen LogP contribution in [-0.4, -0.2) is 12.7 Å². The van der Waals surface area contributed by atoms with Gasteiger partial charge < -0.3 is 0 Å². The summed E-state index contributed by atoms with van der Waals surface area (Å²) in [7, 11) is 0. The maximum absolute atomic E-state index is 5.07. The molecular formula is C5H13N3. The van der Waals surface area contributed by atoms with Gasteiger partial charge in [-0.2, -0.15) is 0 Å². The van der Waals surface area contributed by atoms with Crippen LogP contribution in [0.4, 0.5) is 0 Å². The van der Waals surface area contributed by atoms with Crippen molar-refractivity contribution in [3.8, 4) is 0 Å². The molecule has 0 radical (unpaired) electrons. The van der Waals surface area contributed by atoms with Crippen LogP contribution in [0.2, 0.25) is 0 Å². The Hall–Kier alpha value is -0.380. The minimum atomic E-state index is 0.160. The second-order valence-electron chi connectivity index (χ2n) is 1.59. The third-order valence-electron chi connectivity index (χ3n) is 0.818. The topological polar surface area (TPSA) is 50.1 Å². The van der Waals surface area contributed by atoms with Crippen molar-refractivity contribution in [2.45, 2.75) is 13.1 Å². The molecule has 0 aliphatic rings. The lowest BCUT2D eigenvalue weighted by atomic mass is 10.5. The highest BCUT2D eigenvalue weighted by atomic mass is 15.3. The molecule has 8 heavy (non-hydrogen) atoms. The fraction of sp³-hybridized carbons (Fsp3) is 0.600. The number of hydrogen-bond acceptors (Lipinski definition) is 3. The highest BCUT2D eigenvalue weighted by Gasteiger charge is 1.89. The first-order valence-corrected chi connectivity index (χ1v) is 2.61. The van der Waals surface area contributed by atoms with Gasteiger partial charge in [0.2, 0.25) is 0 Å². The number of hydrazine groups is 1. The molecule has 0 spiro atoms. The lowest BCUT2D eigenvalue weighted by Crippen LogP contribution is -2.43. The van der Waals surface area contributed by atoms with Gasteiger partial charge in [0.05, 0.1) is 6.17 Å². The second-order valence-corrected chi connectivity index (χ2v) is 1.59. The summed E-state index contributed by atoms with van der Waals surface area (Å²) in [6, 6.07) is 0. The van der Waals surface area contributed by atoms with Crippen LogP contribution in [-0.2, 0) is 0 Å². The van der Waals surface area contributed by atoms with Gasteiger partial charge in [-0.3, -0.25) is 11.2 Å². The quantitative estimate of drug-likeness (QED) is 0.202. The van der Waals surface area contributed by atoms with Crippen molar-refractivity contribution >= 4 is 0 Å². The summed E-state index contributed by atoms with van der Waals surface area (Å²) in [5, 5.41) is 3.03. The Morgan fingerprint density at radius 3 is 2.88 bits per heavy atom. The van der Waals surface area contributed by atoms with Crippen LogP contribution >= 0.6 is 0 Å².